The molecule has 2 saturated heterocycles. The summed E-state index contributed by atoms with van der Waals surface area (Å²) in [5, 5.41) is 0. The average Bonchev–Trinajstić information content (AvgIpc) is 3.42. The molecule has 2 aliphatic carbocycles. The van der Waals surface area contributed by atoms with Crippen LogP contribution < -0.4 is 0 Å². The molecule has 0 bridgehead atoms. The molecule has 0 aromatic rings. The number of carbonyl (C=O) groups excluding carboxylic acids is 2. The van der Waals surface area contributed by atoms with Crippen LogP contribution in [0.1, 0.15) is 65.7 Å². The first kappa shape index (κ1) is 16.4. The summed E-state index contributed by atoms with van der Waals surface area (Å²) in [6.45, 7) is 7.26. The number of hydrogen-bond donors (Lipinski definition) is 0. The second-order valence-corrected chi connectivity index (χ2v) is 8.83. The molecular formula is C19H30N2O3. The van der Waals surface area contributed by atoms with Gasteiger partial charge < -0.3 is 14.5 Å². The minimum atomic E-state index is -0.0537. The largest absolute Gasteiger partial charge is 0.369 e. The molecule has 4 rings (SSSR count). The van der Waals surface area contributed by atoms with Gasteiger partial charge in [0.25, 0.3) is 0 Å². The van der Waals surface area contributed by atoms with Crippen LogP contribution in [0.3, 0.4) is 0 Å². The van der Waals surface area contributed by atoms with Crippen molar-refractivity contribution in [1.82, 2.24) is 9.80 Å². The highest BCUT2D eigenvalue weighted by atomic mass is 16.5. The van der Waals surface area contributed by atoms with E-state index in [0.29, 0.717) is 12.5 Å². The van der Waals surface area contributed by atoms with Crippen LogP contribution in [0.25, 0.3) is 0 Å². The van der Waals surface area contributed by atoms with Crippen molar-refractivity contribution in [2.45, 2.75) is 88.9 Å². The van der Waals surface area contributed by atoms with Crippen LogP contribution in [0, 0.1) is 5.92 Å². The Kier molecular flexibility index (Phi) is 3.72. The number of morpholine rings is 1. The molecule has 0 radical (unpaired) electrons. The van der Waals surface area contributed by atoms with E-state index in [0.717, 1.165) is 32.1 Å². The molecule has 4 aliphatic rings. The zero-order valence-electron chi connectivity index (χ0n) is 15.2. The van der Waals surface area contributed by atoms with Crippen LogP contribution >= 0.6 is 0 Å². The van der Waals surface area contributed by atoms with Crippen LogP contribution in [0.15, 0.2) is 0 Å². The van der Waals surface area contributed by atoms with Crippen molar-refractivity contribution in [3.05, 3.63) is 0 Å². The van der Waals surface area contributed by atoms with Gasteiger partial charge in [0.15, 0.2) is 0 Å². The van der Waals surface area contributed by atoms with E-state index >= 15 is 0 Å². The highest BCUT2D eigenvalue weighted by Gasteiger charge is 2.57. The molecule has 2 spiro atoms. The fourth-order valence-electron chi connectivity index (χ4n) is 5.27. The minimum Gasteiger partial charge on any atom is -0.369 e. The molecule has 2 saturated carbocycles. The van der Waals surface area contributed by atoms with E-state index in [1.807, 2.05) is 0 Å². The van der Waals surface area contributed by atoms with Gasteiger partial charge in [-0.1, -0.05) is 0 Å². The normalized spacial score (nSPS) is 31.9. The van der Waals surface area contributed by atoms with Crippen molar-refractivity contribution in [1.29, 1.82) is 0 Å². The first-order valence-electron chi connectivity index (χ1n) is 9.62. The molecule has 1 unspecified atom stereocenters. The Hall–Kier alpha value is -1.10. The molecular weight excluding hydrogens is 304 g/mol. The summed E-state index contributed by atoms with van der Waals surface area (Å²) in [6, 6.07) is 0.401. The number of hydrogen-bond acceptors (Lipinski definition) is 3. The Morgan fingerprint density at radius 1 is 1.04 bits per heavy atom. The van der Waals surface area contributed by atoms with Gasteiger partial charge in [-0.25, -0.2) is 0 Å². The Balaban J connectivity index is 1.47. The molecule has 2 amide bonds. The highest BCUT2D eigenvalue weighted by molar-refractivity contribution is 5.82. The molecule has 0 aromatic carbocycles. The Bertz CT molecular complexity index is 551. The minimum absolute atomic E-state index is 0.0537. The zero-order chi connectivity index (χ0) is 17.1. The Morgan fingerprint density at radius 3 is 2.29 bits per heavy atom. The van der Waals surface area contributed by atoms with Gasteiger partial charge in [-0.3, -0.25) is 9.59 Å². The first-order valence-corrected chi connectivity index (χ1v) is 9.62. The smallest absolute Gasteiger partial charge is 0.249 e. The maximum absolute atomic E-state index is 13.1. The number of amides is 2. The third-order valence-corrected chi connectivity index (χ3v) is 6.67. The second-order valence-electron chi connectivity index (χ2n) is 8.83. The first-order chi connectivity index (χ1) is 11.4. The number of likely N-dealkylation sites (tertiary alicyclic amines) is 1. The van der Waals surface area contributed by atoms with Gasteiger partial charge in [-0.15, -0.1) is 0 Å². The van der Waals surface area contributed by atoms with Crippen molar-refractivity contribution >= 4 is 11.8 Å². The highest BCUT2D eigenvalue weighted by Crippen LogP contribution is 2.52. The Morgan fingerprint density at radius 2 is 1.71 bits per heavy atom. The summed E-state index contributed by atoms with van der Waals surface area (Å²) >= 11 is 0. The fraction of sp³-hybridized carbons (Fsp3) is 0.895. The van der Waals surface area contributed by atoms with Gasteiger partial charge in [0, 0.05) is 23.5 Å². The van der Waals surface area contributed by atoms with Crippen molar-refractivity contribution < 1.29 is 14.3 Å². The molecule has 24 heavy (non-hydrogen) atoms. The van der Waals surface area contributed by atoms with E-state index in [2.05, 4.69) is 30.6 Å². The van der Waals surface area contributed by atoms with Crippen LogP contribution in [0.2, 0.25) is 0 Å². The maximum Gasteiger partial charge on any atom is 0.249 e. The summed E-state index contributed by atoms with van der Waals surface area (Å²) in [5.41, 5.74) is 0.124. The molecule has 0 aromatic heterocycles. The van der Waals surface area contributed by atoms with Crippen molar-refractivity contribution in [3.8, 4) is 0 Å². The molecule has 5 nitrogen and oxygen atoms in total. The lowest BCUT2D eigenvalue weighted by Crippen LogP contribution is -2.57. The van der Waals surface area contributed by atoms with Crippen molar-refractivity contribution in [2.24, 2.45) is 5.92 Å². The summed E-state index contributed by atoms with van der Waals surface area (Å²) < 4.78 is 5.47. The number of piperidine rings is 1. The fourth-order valence-corrected chi connectivity index (χ4v) is 5.27. The third-order valence-electron chi connectivity index (χ3n) is 6.67. The van der Waals surface area contributed by atoms with Gasteiger partial charge in [0.2, 0.25) is 11.8 Å². The van der Waals surface area contributed by atoms with E-state index in [9.17, 15) is 9.59 Å². The number of carbonyl (C=O) groups is 2. The topological polar surface area (TPSA) is 49.9 Å². The third kappa shape index (κ3) is 2.47. The molecule has 134 valence electrons. The van der Waals surface area contributed by atoms with E-state index in [1.54, 1.807) is 0 Å². The summed E-state index contributed by atoms with van der Waals surface area (Å²) in [4.78, 5) is 29.7. The van der Waals surface area contributed by atoms with Crippen LogP contribution in [0.4, 0.5) is 0 Å². The van der Waals surface area contributed by atoms with Crippen molar-refractivity contribution in [2.75, 3.05) is 13.2 Å². The quantitative estimate of drug-likeness (QED) is 0.793. The zero-order valence-corrected chi connectivity index (χ0v) is 15.2. The molecule has 2 heterocycles. The molecule has 2 aliphatic heterocycles. The van der Waals surface area contributed by atoms with Crippen LogP contribution in [-0.2, 0) is 14.3 Å². The molecule has 4 fully saturated rings. The molecule has 5 heteroatoms. The van der Waals surface area contributed by atoms with Gasteiger partial charge in [0.1, 0.15) is 6.61 Å². The van der Waals surface area contributed by atoms with Gasteiger partial charge in [-0.05, 0) is 65.7 Å². The lowest BCUT2D eigenvalue weighted by atomic mass is 9.84. The van der Waals surface area contributed by atoms with E-state index in [-0.39, 0.29) is 41.6 Å². The van der Waals surface area contributed by atoms with E-state index < -0.39 is 0 Å². The monoisotopic (exact) mass is 334 g/mol. The van der Waals surface area contributed by atoms with Crippen LogP contribution in [0.5, 0.6) is 0 Å². The number of nitrogens with zero attached hydrogens (tertiary/aromatic N) is 2. The van der Waals surface area contributed by atoms with Crippen molar-refractivity contribution in [3.63, 3.8) is 0 Å². The summed E-state index contributed by atoms with van der Waals surface area (Å²) in [6.07, 6.45) is 7.35. The second kappa shape index (κ2) is 5.45. The SMILES string of the molecule is CC(C)N1C(=O)C(C[C@@H](C)N2C(=O)COCC23CC3)CCC12CC2. The predicted octanol–water partition coefficient (Wildman–Crippen LogP) is 2.34. The molecule has 2 atom stereocenters. The molecule has 0 N–H and O–H groups in total. The maximum atomic E-state index is 13.1. The standard InChI is InChI=1S/C19H30N2O3/c1-13(2)20-17(23)15(4-5-18(20)6-7-18)10-14(3)21-16(22)11-24-12-19(21)8-9-19/h13-15H,4-12H2,1-3H3/t14-,15?/m1/s1. The van der Waals surface area contributed by atoms with Gasteiger partial charge in [0.05, 0.1) is 12.1 Å². The van der Waals surface area contributed by atoms with E-state index in [4.69, 9.17) is 4.74 Å². The summed E-state index contributed by atoms with van der Waals surface area (Å²) in [7, 11) is 0. The number of ether oxygens (including phenoxy) is 1. The Labute approximate surface area is 144 Å². The lowest BCUT2D eigenvalue weighted by Gasteiger charge is -2.45. The van der Waals surface area contributed by atoms with Gasteiger partial charge in [-0.2, -0.15) is 0 Å². The van der Waals surface area contributed by atoms with E-state index in [1.165, 1.54) is 12.8 Å². The predicted molar refractivity (Wildman–Crippen MR) is 90.4 cm³/mol. The van der Waals surface area contributed by atoms with Crippen LogP contribution in [-0.4, -0.2) is 58.0 Å². The summed E-state index contributed by atoms with van der Waals surface area (Å²) in [5.74, 6) is 0.500. The lowest BCUT2D eigenvalue weighted by molar-refractivity contribution is -0.157. The van der Waals surface area contributed by atoms with Gasteiger partial charge >= 0.3 is 0 Å². The number of rotatable bonds is 4. The average molecular weight is 334 g/mol.